The number of carbonyl (C=O) groups is 1. The lowest BCUT2D eigenvalue weighted by atomic mass is 10.2. The molecule has 1 fully saturated rings. The summed E-state index contributed by atoms with van der Waals surface area (Å²) in [7, 11) is 3.28. The first-order valence-electron chi connectivity index (χ1n) is 6.23. The van der Waals surface area contributed by atoms with E-state index in [-0.39, 0.29) is 17.4 Å². The Morgan fingerprint density at radius 1 is 1.45 bits per heavy atom. The lowest BCUT2D eigenvalue weighted by Crippen LogP contribution is -2.33. The van der Waals surface area contributed by atoms with Crippen LogP contribution in [-0.4, -0.2) is 38.9 Å². The molecule has 0 aliphatic heterocycles. The predicted molar refractivity (Wildman–Crippen MR) is 75.5 cm³/mol. The number of aryl methyl sites for hydroxylation is 1. The van der Waals surface area contributed by atoms with Crippen LogP contribution in [0.15, 0.2) is 23.1 Å². The summed E-state index contributed by atoms with van der Waals surface area (Å²) in [4.78, 5) is 13.5. The van der Waals surface area contributed by atoms with Gasteiger partial charge in [-0.25, -0.2) is 8.42 Å². The molecule has 0 bridgehead atoms. The second kappa shape index (κ2) is 5.61. The van der Waals surface area contributed by atoms with E-state index in [0.29, 0.717) is 17.4 Å². The summed E-state index contributed by atoms with van der Waals surface area (Å²) in [6.45, 7) is 1.65. The first kappa shape index (κ1) is 15.1. The largest absolute Gasteiger partial charge is 0.483 e. The monoisotopic (exact) mass is 317 g/mol. The van der Waals surface area contributed by atoms with E-state index in [1.807, 2.05) is 0 Å². The molecule has 0 spiro atoms. The summed E-state index contributed by atoms with van der Waals surface area (Å²) in [6, 6.07) is 4.64. The molecule has 5 nitrogen and oxygen atoms in total. The van der Waals surface area contributed by atoms with Crippen LogP contribution in [0.2, 0.25) is 0 Å². The topological polar surface area (TPSA) is 63.7 Å². The number of benzene rings is 1. The number of hydrogen-bond donors (Lipinski definition) is 0. The Hall–Kier alpha value is -1.27. The predicted octanol–water partition coefficient (Wildman–Crippen LogP) is 1.92. The van der Waals surface area contributed by atoms with Crippen molar-refractivity contribution in [3.8, 4) is 5.75 Å². The van der Waals surface area contributed by atoms with Gasteiger partial charge in [-0.3, -0.25) is 4.79 Å². The SMILES string of the molecule is Cc1cc(S(=O)(=O)Cl)ccc1OCC(=O)N(C)C1CC1. The van der Waals surface area contributed by atoms with Gasteiger partial charge in [-0.15, -0.1) is 0 Å². The van der Waals surface area contributed by atoms with Gasteiger partial charge in [0.05, 0.1) is 4.90 Å². The average Bonchev–Trinajstić information content (AvgIpc) is 3.19. The van der Waals surface area contributed by atoms with E-state index in [0.717, 1.165) is 12.8 Å². The van der Waals surface area contributed by atoms with E-state index >= 15 is 0 Å². The molecule has 1 aliphatic carbocycles. The fourth-order valence-electron chi connectivity index (χ4n) is 1.84. The minimum absolute atomic E-state index is 0.0189. The summed E-state index contributed by atoms with van der Waals surface area (Å²) < 4.78 is 27.8. The van der Waals surface area contributed by atoms with Crippen LogP contribution >= 0.6 is 10.7 Å². The molecular formula is C13H16ClNO4S. The first-order valence-corrected chi connectivity index (χ1v) is 8.54. The highest BCUT2D eigenvalue weighted by atomic mass is 35.7. The number of carbonyl (C=O) groups excluding carboxylic acids is 1. The number of nitrogens with zero attached hydrogens (tertiary/aromatic N) is 1. The average molecular weight is 318 g/mol. The Morgan fingerprint density at radius 2 is 2.10 bits per heavy atom. The van der Waals surface area contributed by atoms with Gasteiger partial charge in [0.1, 0.15) is 5.75 Å². The van der Waals surface area contributed by atoms with Crippen LogP contribution in [0.25, 0.3) is 0 Å². The Kier molecular flexibility index (Phi) is 4.25. The summed E-state index contributed by atoms with van der Waals surface area (Å²) in [5.41, 5.74) is 0.619. The summed E-state index contributed by atoms with van der Waals surface area (Å²) in [5, 5.41) is 0. The van der Waals surface area contributed by atoms with Crippen molar-refractivity contribution in [1.82, 2.24) is 4.90 Å². The number of ether oxygens (including phenoxy) is 1. The third-order valence-electron chi connectivity index (χ3n) is 3.27. The molecule has 7 heteroatoms. The van der Waals surface area contributed by atoms with E-state index in [1.54, 1.807) is 18.9 Å². The van der Waals surface area contributed by atoms with Crippen LogP contribution in [-0.2, 0) is 13.8 Å². The Bertz CT molecular complexity index is 625. The molecule has 0 aromatic heterocycles. The van der Waals surface area contributed by atoms with Crippen molar-refractivity contribution in [1.29, 1.82) is 0 Å². The zero-order valence-corrected chi connectivity index (χ0v) is 12.9. The maximum absolute atomic E-state index is 11.8. The molecule has 1 aliphatic rings. The summed E-state index contributed by atoms with van der Waals surface area (Å²) >= 11 is 0. The molecule has 110 valence electrons. The van der Waals surface area contributed by atoms with Gasteiger partial charge in [0, 0.05) is 23.8 Å². The minimum Gasteiger partial charge on any atom is -0.483 e. The molecule has 0 radical (unpaired) electrons. The van der Waals surface area contributed by atoms with Crippen molar-refractivity contribution in [2.24, 2.45) is 0 Å². The van der Waals surface area contributed by atoms with Crippen LogP contribution < -0.4 is 4.74 Å². The van der Waals surface area contributed by atoms with Gasteiger partial charge in [0.25, 0.3) is 15.0 Å². The summed E-state index contributed by atoms with van der Waals surface area (Å²) in [5.74, 6) is 0.396. The lowest BCUT2D eigenvalue weighted by Gasteiger charge is -2.17. The third-order valence-corrected chi connectivity index (χ3v) is 4.62. The molecule has 0 saturated heterocycles. The molecule has 2 rings (SSSR count). The molecule has 0 unspecified atom stereocenters. The van der Waals surface area contributed by atoms with Crippen molar-refractivity contribution < 1.29 is 17.9 Å². The van der Waals surface area contributed by atoms with Crippen molar-refractivity contribution in [2.45, 2.75) is 30.7 Å². The zero-order chi connectivity index (χ0) is 14.9. The molecule has 1 aromatic carbocycles. The number of halogens is 1. The number of likely N-dealkylation sites (N-methyl/N-ethyl adjacent to an activating group) is 1. The Balaban J connectivity index is 2.01. The molecular weight excluding hydrogens is 302 g/mol. The van der Waals surface area contributed by atoms with Gasteiger partial charge in [-0.2, -0.15) is 0 Å². The second-order valence-corrected chi connectivity index (χ2v) is 7.46. The van der Waals surface area contributed by atoms with Gasteiger partial charge < -0.3 is 9.64 Å². The Labute approximate surface area is 122 Å². The van der Waals surface area contributed by atoms with E-state index < -0.39 is 9.05 Å². The molecule has 1 saturated carbocycles. The highest BCUT2D eigenvalue weighted by Gasteiger charge is 2.29. The fraction of sp³-hybridized carbons (Fsp3) is 0.462. The smallest absolute Gasteiger partial charge is 0.261 e. The standard InChI is InChI=1S/C13H16ClNO4S/c1-9-7-11(20(14,17)18)5-6-12(9)19-8-13(16)15(2)10-3-4-10/h5-7,10H,3-4,8H2,1-2H3. The molecule has 1 amide bonds. The lowest BCUT2D eigenvalue weighted by molar-refractivity contribution is -0.132. The summed E-state index contributed by atoms with van der Waals surface area (Å²) in [6.07, 6.45) is 2.09. The fourth-order valence-corrected chi connectivity index (χ4v) is 2.68. The number of amides is 1. The zero-order valence-electron chi connectivity index (χ0n) is 11.3. The van der Waals surface area contributed by atoms with Crippen LogP contribution in [0.1, 0.15) is 18.4 Å². The van der Waals surface area contributed by atoms with Gasteiger partial charge >= 0.3 is 0 Å². The van der Waals surface area contributed by atoms with E-state index in [4.69, 9.17) is 15.4 Å². The van der Waals surface area contributed by atoms with E-state index in [9.17, 15) is 13.2 Å². The first-order chi connectivity index (χ1) is 9.29. The van der Waals surface area contributed by atoms with Crippen LogP contribution in [0.3, 0.4) is 0 Å². The maximum atomic E-state index is 11.8. The second-order valence-electron chi connectivity index (χ2n) is 4.89. The number of rotatable bonds is 5. The molecule has 1 aromatic rings. The van der Waals surface area contributed by atoms with Crippen molar-refractivity contribution in [3.63, 3.8) is 0 Å². The van der Waals surface area contributed by atoms with Gasteiger partial charge in [0.2, 0.25) is 0 Å². The minimum atomic E-state index is -3.75. The number of hydrogen-bond acceptors (Lipinski definition) is 4. The van der Waals surface area contributed by atoms with Crippen molar-refractivity contribution in [2.75, 3.05) is 13.7 Å². The normalized spacial score (nSPS) is 14.9. The highest BCUT2D eigenvalue weighted by molar-refractivity contribution is 8.13. The quantitative estimate of drug-likeness (QED) is 0.778. The van der Waals surface area contributed by atoms with Crippen LogP contribution in [0, 0.1) is 6.92 Å². The van der Waals surface area contributed by atoms with E-state index in [2.05, 4.69) is 0 Å². The van der Waals surface area contributed by atoms with Gasteiger partial charge in [-0.1, -0.05) is 0 Å². The van der Waals surface area contributed by atoms with Crippen molar-refractivity contribution >= 4 is 25.6 Å². The van der Waals surface area contributed by atoms with E-state index in [1.165, 1.54) is 18.2 Å². The Morgan fingerprint density at radius 3 is 2.60 bits per heavy atom. The third kappa shape index (κ3) is 3.64. The van der Waals surface area contributed by atoms with Crippen molar-refractivity contribution in [3.05, 3.63) is 23.8 Å². The molecule has 20 heavy (non-hydrogen) atoms. The van der Waals surface area contributed by atoms with Crippen LogP contribution in [0.4, 0.5) is 0 Å². The highest BCUT2D eigenvalue weighted by Crippen LogP contribution is 2.26. The molecule has 0 heterocycles. The van der Waals surface area contributed by atoms with Gasteiger partial charge in [-0.05, 0) is 43.5 Å². The maximum Gasteiger partial charge on any atom is 0.261 e. The molecule has 0 atom stereocenters. The van der Waals surface area contributed by atoms with Gasteiger partial charge in [0.15, 0.2) is 6.61 Å². The molecule has 0 N–H and O–H groups in total. The van der Waals surface area contributed by atoms with Crippen LogP contribution in [0.5, 0.6) is 5.75 Å².